The van der Waals surface area contributed by atoms with Gasteiger partial charge in [-0.15, -0.1) is 11.3 Å². The average molecular weight is 306 g/mol. The van der Waals surface area contributed by atoms with Crippen LogP contribution in [0, 0.1) is 12.8 Å². The van der Waals surface area contributed by atoms with E-state index in [0.29, 0.717) is 5.92 Å². The SMILES string of the molecule is Cc1ccsc1/C=C1\SC(N2CCCC(C)C2)=NC1=O. The summed E-state index contributed by atoms with van der Waals surface area (Å²) in [6.45, 7) is 6.38. The highest BCUT2D eigenvalue weighted by Gasteiger charge is 2.28. The quantitative estimate of drug-likeness (QED) is 0.741. The average Bonchev–Trinajstić information content (AvgIpc) is 2.98. The van der Waals surface area contributed by atoms with Gasteiger partial charge in [0.2, 0.25) is 0 Å². The van der Waals surface area contributed by atoms with Gasteiger partial charge in [-0.1, -0.05) is 6.92 Å². The highest BCUT2D eigenvalue weighted by molar-refractivity contribution is 8.18. The molecule has 106 valence electrons. The summed E-state index contributed by atoms with van der Waals surface area (Å²) in [6.07, 6.45) is 4.45. The van der Waals surface area contributed by atoms with Crippen LogP contribution in [0.5, 0.6) is 0 Å². The molecule has 3 heterocycles. The summed E-state index contributed by atoms with van der Waals surface area (Å²) in [5.41, 5.74) is 1.22. The van der Waals surface area contributed by atoms with Crippen LogP contribution in [0.4, 0.5) is 0 Å². The second kappa shape index (κ2) is 5.74. The van der Waals surface area contributed by atoms with Crippen LogP contribution >= 0.6 is 23.1 Å². The molecule has 1 unspecified atom stereocenters. The number of aliphatic imine (C=N–C) groups is 1. The van der Waals surface area contributed by atoms with Gasteiger partial charge in [0.15, 0.2) is 5.17 Å². The molecule has 2 aliphatic rings. The number of aryl methyl sites for hydroxylation is 1. The van der Waals surface area contributed by atoms with Crippen molar-refractivity contribution in [3.63, 3.8) is 0 Å². The fourth-order valence-corrected chi connectivity index (χ4v) is 4.41. The first-order chi connectivity index (χ1) is 9.63. The van der Waals surface area contributed by atoms with Gasteiger partial charge in [0, 0.05) is 18.0 Å². The van der Waals surface area contributed by atoms with Crippen molar-refractivity contribution >= 4 is 40.2 Å². The molecule has 1 aromatic rings. The van der Waals surface area contributed by atoms with E-state index < -0.39 is 0 Å². The third-order valence-electron chi connectivity index (χ3n) is 3.70. The van der Waals surface area contributed by atoms with E-state index >= 15 is 0 Å². The summed E-state index contributed by atoms with van der Waals surface area (Å²) in [6, 6.07) is 2.08. The van der Waals surface area contributed by atoms with Gasteiger partial charge in [-0.2, -0.15) is 4.99 Å². The molecule has 1 aromatic heterocycles. The normalized spacial score (nSPS) is 25.4. The number of carbonyl (C=O) groups is 1. The molecule has 5 heteroatoms. The maximum atomic E-state index is 12.0. The third kappa shape index (κ3) is 2.83. The molecule has 3 rings (SSSR count). The van der Waals surface area contributed by atoms with Crippen LogP contribution in [-0.4, -0.2) is 29.1 Å². The van der Waals surface area contributed by atoms with Gasteiger partial charge >= 0.3 is 0 Å². The van der Waals surface area contributed by atoms with E-state index in [2.05, 4.69) is 35.2 Å². The first-order valence-electron chi connectivity index (χ1n) is 6.95. The Balaban J connectivity index is 1.75. The molecule has 0 radical (unpaired) electrons. The van der Waals surface area contributed by atoms with Gasteiger partial charge in [-0.25, -0.2) is 0 Å². The first-order valence-corrected chi connectivity index (χ1v) is 8.64. The highest BCUT2D eigenvalue weighted by atomic mass is 32.2. The fraction of sp³-hybridized carbons (Fsp3) is 0.467. The van der Waals surface area contributed by atoms with Crippen LogP contribution in [0.15, 0.2) is 21.3 Å². The topological polar surface area (TPSA) is 32.7 Å². The summed E-state index contributed by atoms with van der Waals surface area (Å²) < 4.78 is 0. The van der Waals surface area contributed by atoms with Crippen LogP contribution in [0.3, 0.4) is 0 Å². The Hall–Kier alpha value is -1.07. The number of hydrogen-bond acceptors (Lipinski definition) is 4. The van der Waals surface area contributed by atoms with E-state index in [-0.39, 0.29) is 5.91 Å². The van der Waals surface area contributed by atoms with Crippen molar-refractivity contribution < 1.29 is 4.79 Å². The van der Waals surface area contributed by atoms with Crippen molar-refractivity contribution in [2.24, 2.45) is 10.9 Å². The predicted molar refractivity (Wildman–Crippen MR) is 87.0 cm³/mol. The summed E-state index contributed by atoms with van der Waals surface area (Å²) in [7, 11) is 0. The van der Waals surface area contributed by atoms with Crippen molar-refractivity contribution in [2.75, 3.05) is 13.1 Å². The summed E-state index contributed by atoms with van der Waals surface area (Å²) >= 11 is 3.20. The molecular formula is C15H18N2OS2. The van der Waals surface area contributed by atoms with E-state index in [1.807, 2.05) is 6.08 Å². The number of thioether (sulfide) groups is 1. The molecule has 3 nitrogen and oxygen atoms in total. The van der Waals surface area contributed by atoms with Crippen LogP contribution in [0.2, 0.25) is 0 Å². The molecule has 1 saturated heterocycles. The number of carbonyl (C=O) groups excluding carboxylic acids is 1. The van der Waals surface area contributed by atoms with E-state index in [4.69, 9.17) is 0 Å². The zero-order valence-electron chi connectivity index (χ0n) is 11.8. The Kier molecular flexibility index (Phi) is 3.98. The molecule has 2 aliphatic heterocycles. The third-order valence-corrected chi connectivity index (χ3v) is 5.71. The molecule has 0 N–H and O–H groups in total. The number of nitrogens with zero attached hydrogens (tertiary/aromatic N) is 2. The highest BCUT2D eigenvalue weighted by Crippen LogP contribution is 2.33. The lowest BCUT2D eigenvalue weighted by Crippen LogP contribution is -2.37. The number of hydrogen-bond donors (Lipinski definition) is 0. The van der Waals surface area contributed by atoms with Crippen LogP contribution in [0.25, 0.3) is 6.08 Å². The molecule has 0 spiro atoms. The zero-order chi connectivity index (χ0) is 14.1. The van der Waals surface area contributed by atoms with E-state index in [0.717, 1.165) is 28.0 Å². The molecule has 0 bridgehead atoms. The molecule has 0 aromatic carbocycles. The van der Waals surface area contributed by atoms with Gasteiger partial charge in [-0.05, 0) is 60.5 Å². The minimum atomic E-state index is -0.0870. The van der Waals surface area contributed by atoms with Crippen LogP contribution in [-0.2, 0) is 4.79 Å². The van der Waals surface area contributed by atoms with E-state index in [1.165, 1.54) is 30.2 Å². The Morgan fingerprint density at radius 3 is 3.05 bits per heavy atom. The Labute approximate surface area is 127 Å². The van der Waals surface area contributed by atoms with E-state index in [9.17, 15) is 4.79 Å². The maximum absolute atomic E-state index is 12.0. The minimum absolute atomic E-state index is 0.0870. The van der Waals surface area contributed by atoms with Crippen molar-refractivity contribution in [3.8, 4) is 0 Å². The summed E-state index contributed by atoms with van der Waals surface area (Å²) in [5, 5.41) is 2.95. The second-order valence-corrected chi connectivity index (χ2v) is 7.43. The Morgan fingerprint density at radius 2 is 2.35 bits per heavy atom. The number of thiophene rings is 1. The summed E-state index contributed by atoms with van der Waals surface area (Å²) in [4.78, 5) is 20.5. The van der Waals surface area contributed by atoms with Crippen LogP contribution < -0.4 is 0 Å². The van der Waals surface area contributed by atoms with Crippen molar-refractivity contribution in [3.05, 3.63) is 26.8 Å². The lowest BCUT2D eigenvalue weighted by Gasteiger charge is -2.31. The van der Waals surface area contributed by atoms with Crippen LogP contribution in [0.1, 0.15) is 30.2 Å². The number of amides is 1. The van der Waals surface area contributed by atoms with Crippen molar-refractivity contribution in [1.82, 2.24) is 4.90 Å². The predicted octanol–water partition coefficient (Wildman–Crippen LogP) is 3.76. The van der Waals surface area contributed by atoms with Gasteiger partial charge in [0.1, 0.15) is 0 Å². The summed E-state index contributed by atoms with van der Waals surface area (Å²) in [5.74, 6) is 0.603. The maximum Gasteiger partial charge on any atom is 0.286 e. The molecule has 20 heavy (non-hydrogen) atoms. The number of rotatable bonds is 1. The number of piperidine rings is 1. The molecule has 1 fully saturated rings. The fourth-order valence-electron chi connectivity index (χ4n) is 2.55. The number of likely N-dealkylation sites (tertiary alicyclic amines) is 1. The largest absolute Gasteiger partial charge is 0.351 e. The van der Waals surface area contributed by atoms with E-state index in [1.54, 1.807) is 11.3 Å². The monoisotopic (exact) mass is 306 g/mol. The Morgan fingerprint density at radius 1 is 1.50 bits per heavy atom. The molecular weight excluding hydrogens is 288 g/mol. The van der Waals surface area contributed by atoms with Gasteiger partial charge < -0.3 is 4.90 Å². The van der Waals surface area contributed by atoms with Crippen molar-refractivity contribution in [1.29, 1.82) is 0 Å². The Bertz CT molecular complexity index is 588. The van der Waals surface area contributed by atoms with Crippen molar-refractivity contribution in [2.45, 2.75) is 26.7 Å². The molecule has 1 atom stereocenters. The van der Waals surface area contributed by atoms with Gasteiger partial charge in [0.25, 0.3) is 5.91 Å². The molecule has 1 amide bonds. The molecule has 0 saturated carbocycles. The standard InChI is InChI=1S/C15H18N2OS2/c1-10-4-3-6-17(9-10)15-16-14(18)13(20-15)8-12-11(2)5-7-19-12/h5,7-8,10H,3-4,6,9H2,1-2H3/b13-8-. The second-order valence-electron chi connectivity index (χ2n) is 5.47. The lowest BCUT2D eigenvalue weighted by molar-refractivity contribution is -0.113. The minimum Gasteiger partial charge on any atom is -0.351 e. The van der Waals surface area contributed by atoms with Gasteiger partial charge in [0.05, 0.1) is 4.91 Å². The number of amidine groups is 1. The zero-order valence-corrected chi connectivity index (χ0v) is 13.4. The first kappa shape index (κ1) is 13.9. The molecule has 0 aliphatic carbocycles. The van der Waals surface area contributed by atoms with Gasteiger partial charge in [-0.3, -0.25) is 4.79 Å². The smallest absolute Gasteiger partial charge is 0.286 e. The lowest BCUT2D eigenvalue weighted by atomic mass is 10.0.